The number of rotatable bonds is 9. The molecule has 0 spiro atoms. The van der Waals surface area contributed by atoms with E-state index in [2.05, 4.69) is 0 Å². The number of hydrogen-bond acceptors (Lipinski definition) is 8. The molecule has 0 N–H and O–H groups in total. The van der Waals surface area contributed by atoms with Gasteiger partial charge < -0.3 is 18.8 Å². The number of ether oxygens (including phenoxy) is 3. The fourth-order valence-corrected chi connectivity index (χ4v) is 6.39. The highest BCUT2D eigenvalue weighted by molar-refractivity contribution is 7.86. The van der Waals surface area contributed by atoms with Crippen molar-refractivity contribution in [2.75, 3.05) is 13.2 Å². The summed E-state index contributed by atoms with van der Waals surface area (Å²) in [5.41, 5.74) is -2.55. The maximum absolute atomic E-state index is 13.7. The SMILES string of the molecule is CC(C)(C)OC(=O)COC12CC3CC(C1)CC(C(=O)OCCC(F)(F)C(F)(F)S(=O)(=O)[O-])(C3)C2. The largest absolute Gasteiger partial charge is 0.743 e. The van der Waals surface area contributed by atoms with Crippen LogP contribution in [0.3, 0.4) is 0 Å². The molecule has 13 heteroatoms. The molecule has 196 valence electrons. The van der Waals surface area contributed by atoms with Crippen molar-refractivity contribution in [3.8, 4) is 0 Å². The van der Waals surface area contributed by atoms with Crippen molar-refractivity contribution in [3.05, 3.63) is 0 Å². The third-order valence-electron chi connectivity index (χ3n) is 6.75. The van der Waals surface area contributed by atoms with Crippen LogP contribution in [0.5, 0.6) is 0 Å². The predicted molar refractivity (Wildman–Crippen MR) is 107 cm³/mol. The first-order valence-corrected chi connectivity index (χ1v) is 12.4. The summed E-state index contributed by atoms with van der Waals surface area (Å²) in [5.74, 6) is -6.44. The maximum atomic E-state index is 13.7. The molecule has 0 amide bonds. The molecule has 0 aromatic rings. The molecule has 4 rings (SSSR count). The van der Waals surface area contributed by atoms with Crippen molar-refractivity contribution in [1.29, 1.82) is 0 Å². The van der Waals surface area contributed by atoms with Gasteiger partial charge in [-0.05, 0) is 71.1 Å². The van der Waals surface area contributed by atoms with Crippen LogP contribution in [0.4, 0.5) is 17.6 Å². The molecule has 4 saturated carbocycles. The summed E-state index contributed by atoms with van der Waals surface area (Å²) in [6.07, 6.45) is 1.29. The van der Waals surface area contributed by atoms with Gasteiger partial charge in [-0.1, -0.05) is 0 Å². The number of carbonyl (C=O) groups is 2. The van der Waals surface area contributed by atoms with Gasteiger partial charge in [-0.25, -0.2) is 13.2 Å². The van der Waals surface area contributed by atoms with Gasteiger partial charge >= 0.3 is 23.1 Å². The Hall–Kier alpha value is -1.47. The first kappa shape index (κ1) is 27.1. The Kier molecular flexibility index (Phi) is 6.84. The second-order valence-electron chi connectivity index (χ2n) is 10.9. The highest BCUT2D eigenvalue weighted by Crippen LogP contribution is 2.63. The fraction of sp³-hybridized carbons (Fsp3) is 0.905. The second kappa shape index (κ2) is 8.58. The topological polar surface area (TPSA) is 119 Å². The predicted octanol–water partition coefficient (Wildman–Crippen LogP) is 3.39. The van der Waals surface area contributed by atoms with E-state index in [1.807, 2.05) is 0 Å². The second-order valence-corrected chi connectivity index (χ2v) is 12.3. The molecule has 2 unspecified atom stereocenters. The van der Waals surface area contributed by atoms with Crippen LogP contribution in [0.15, 0.2) is 0 Å². The molecule has 2 atom stereocenters. The molecule has 0 radical (unpaired) electrons. The van der Waals surface area contributed by atoms with Gasteiger partial charge in [0.2, 0.25) is 0 Å². The standard InChI is InChI=1S/C21H30F4O8S/c1-17(2,3)33-15(26)11-32-19-9-13-6-14(10-19)8-18(7-13,12-19)16(27)31-5-4-20(22,23)21(24,25)34(28,29)30/h13-14H,4-12H2,1-3H3,(H,28,29,30)/p-1. The van der Waals surface area contributed by atoms with Crippen LogP contribution in [0.25, 0.3) is 0 Å². The van der Waals surface area contributed by atoms with Gasteiger partial charge in [-0.15, -0.1) is 0 Å². The summed E-state index contributed by atoms with van der Waals surface area (Å²) >= 11 is 0. The Morgan fingerprint density at radius 2 is 1.59 bits per heavy atom. The van der Waals surface area contributed by atoms with Crippen LogP contribution in [0.2, 0.25) is 0 Å². The first-order valence-electron chi connectivity index (χ1n) is 11.0. The number of halogens is 4. The van der Waals surface area contributed by atoms with Crippen molar-refractivity contribution >= 4 is 22.1 Å². The van der Waals surface area contributed by atoms with Crippen LogP contribution in [0.1, 0.15) is 65.7 Å². The Morgan fingerprint density at radius 3 is 2.09 bits per heavy atom. The number of hydrogen-bond donors (Lipinski definition) is 0. The molecule has 0 aromatic heterocycles. The van der Waals surface area contributed by atoms with E-state index in [4.69, 9.17) is 14.2 Å². The van der Waals surface area contributed by atoms with Gasteiger partial charge in [0.05, 0.1) is 24.0 Å². The van der Waals surface area contributed by atoms with Gasteiger partial charge in [0, 0.05) is 0 Å². The molecule has 34 heavy (non-hydrogen) atoms. The highest BCUT2D eigenvalue weighted by atomic mass is 32.2. The van der Waals surface area contributed by atoms with E-state index >= 15 is 0 Å². The molecule has 4 aliphatic rings. The van der Waals surface area contributed by atoms with E-state index in [9.17, 15) is 40.1 Å². The quantitative estimate of drug-likeness (QED) is 0.259. The van der Waals surface area contributed by atoms with Crippen LogP contribution < -0.4 is 0 Å². The molecule has 4 aliphatic carbocycles. The van der Waals surface area contributed by atoms with E-state index in [0.717, 1.165) is 6.42 Å². The molecule has 0 saturated heterocycles. The Balaban J connectivity index is 1.64. The normalized spacial score (nSPS) is 31.4. The van der Waals surface area contributed by atoms with E-state index in [-0.39, 0.29) is 24.9 Å². The summed E-state index contributed by atoms with van der Waals surface area (Å²) < 4.78 is 102. The molecular formula is C21H29F4O8S-. The lowest BCUT2D eigenvalue weighted by atomic mass is 9.48. The molecular weight excluding hydrogens is 488 g/mol. The Morgan fingerprint density at radius 1 is 1.03 bits per heavy atom. The third-order valence-corrected chi connectivity index (χ3v) is 7.67. The van der Waals surface area contributed by atoms with Gasteiger partial charge in [-0.2, -0.15) is 17.6 Å². The van der Waals surface area contributed by atoms with Gasteiger partial charge in [-0.3, -0.25) is 4.79 Å². The van der Waals surface area contributed by atoms with Crippen molar-refractivity contribution in [2.24, 2.45) is 17.3 Å². The minimum absolute atomic E-state index is 0.0869. The summed E-state index contributed by atoms with van der Waals surface area (Å²) in [4.78, 5) is 25.0. The monoisotopic (exact) mass is 517 g/mol. The zero-order chi connectivity index (χ0) is 25.8. The van der Waals surface area contributed by atoms with Gasteiger partial charge in [0.1, 0.15) is 12.2 Å². The minimum Gasteiger partial charge on any atom is -0.743 e. The van der Waals surface area contributed by atoms with E-state index in [1.54, 1.807) is 20.8 Å². The lowest BCUT2D eigenvalue weighted by Crippen LogP contribution is -2.60. The average Bonchev–Trinajstić information content (AvgIpc) is 2.63. The average molecular weight is 518 g/mol. The molecule has 0 heterocycles. The fourth-order valence-electron chi connectivity index (χ4n) is 5.92. The van der Waals surface area contributed by atoms with E-state index in [1.165, 1.54) is 0 Å². The van der Waals surface area contributed by atoms with Crippen molar-refractivity contribution < 1.29 is 54.3 Å². The smallest absolute Gasteiger partial charge is 0.396 e. The third kappa shape index (κ3) is 5.35. The lowest BCUT2D eigenvalue weighted by Gasteiger charge is -2.60. The summed E-state index contributed by atoms with van der Waals surface area (Å²) in [6, 6.07) is 0. The maximum Gasteiger partial charge on any atom is 0.396 e. The summed E-state index contributed by atoms with van der Waals surface area (Å²) in [5, 5.41) is -5.83. The lowest BCUT2D eigenvalue weighted by molar-refractivity contribution is -0.217. The van der Waals surface area contributed by atoms with Crippen molar-refractivity contribution in [3.63, 3.8) is 0 Å². The van der Waals surface area contributed by atoms with Crippen molar-refractivity contribution in [1.82, 2.24) is 0 Å². The molecule has 0 aliphatic heterocycles. The Labute approximate surface area is 195 Å². The van der Waals surface area contributed by atoms with E-state index in [0.29, 0.717) is 25.7 Å². The van der Waals surface area contributed by atoms with Crippen molar-refractivity contribution in [2.45, 2.75) is 88.1 Å². The first-order chi connectivity index (χ1) is 15.3. The zero-order valence-corrected chi connectivity index (χ0v) is 20.0. The highest BCUT2D eigenvalue weighted by Gasteiger charge is 2.63. The zero-order valence-electron chi connectivity index (χ0n) is 19.2. The van der Waals surface area contributed by atoms with Crippen LogP contribution >= 0.6 is 0 Å². The Bertz CT molecular complexity index is 914. The van der Waals surface area contributed by atoms with Crippen LogP contribution in [-0.4, -0.2) is 60.5 Å². The van der Waals surface area contributed by atoms with Gasteiger partial charge in [0.25, 0.3) is 0 Å². The minimum atomic E-state index is -6.61. The molecule has 4 bridgehead atoms. The summed E-state index contributed by atoms with van der Waals surface area (Å²) in [7, 11) is -6.61. The van der Waals surface area contributed by atoms with Gasteiger partial charge in [0.15, 0.2) is 10.1 Å². The number of esters is 2. The van der Waals surface area contributed by atoms with Crippen LogP contribution in [-0.2, 0) is 33.9 Å². The molecule has 0 aromatic carbocycles. The van der Waals surface area contributed by atoms with Crippen LogP contribution in [0, 0.1) is 17.3 Å². The number of alkyl halides is 4. The molecule has 8 nitrogen and oxygen atoms in total. The number of carbonyl (C=O) groups excluding carboxylic acids is 2. The summed E-state index contributed by atoms with van der Waals surface area (Å²) in [6.45, 7) is 3.65. The van der Waals surface area contributed by atoms with E-state index < -0.39 is 62.9 Å². The molecule has 4 fully saturated rings.